The van der Waals surface area contributed by atoms with Gasteiger partial charge in [0.15, 0.2) is 5.11 Å². The van der Waals surface area contributed by atoms with Crippen molar-refractivity contribution >= 4 is 39.6 Å². The number of thiophene rings is 1. The van der Waals surface area contributed by atoms with Crippen LogP contribution in [-0.4, -0.2) is 33.1 Å². The molecule has 0 amide bonds. The number of aryl methyl sites for hydroxylation is 2. The van der Waals surface area contributed by atoms with Crippen LogP contribution >= 0.6 is 23.6 Å². The van der Waals surface area contributed by atoms with Gasteiger partial charge in [0.2, 0.25) is 0 Å². The number of nitrogens with zero attached hydrogens (tertiary/aromatic N) is 3. The molecule has 2 heterocycles. The zero-order valence-corrected chi connectivity index (χ0v) is 16.3. The number of rotatable bonds is 3. The van der Waals surface area contributed by atoms with Crippen molar-refractivity contribution < 1.29 is 9.53 Å². The molecule has 0 fully saturated rings. The number of ether oxygens (including phenoxy) is 1. The van der Waals surface area contributed by atoms with Gasteiger partial charge in [0.1, 0.15) is 16.6 Å². The molecule has 7 nitrogen and oxygen atoms in total. The SMILES string of the molecule is COC(=O)c1c(NC(=S)Nn2c(C)nnc2C)sc2c1CC[C@@H](C)C2. The number of methoxy groups -OCH3 is 1. The number of esters is 1. The molecule has 0 unspecified atom stereocenters. The summed E-state index contributed by atoms with van der Waals surface area (Å²) in [5.41, 5.74) is 4.75. The summed E-state index contributed by atoms with van der Waals surface area (Å²) < 4.78 is 6.69. The van der Waals surface area contributed by atoms with Gasteiger partial charge in [0.05, 0.1) is 12.7 Å². The van der Waals surface area contributed by atoms with Crippen LogP contribution < -0.4 is 10.7 Å². The van der Waals surface area contributed by atoms with E-state index in [9.17, 15) is 4.79 Å². The number of carbonyl (C=O) groups excluding carboxylic acids is 1. The van der Waals surface area contributed by atoms with Crippen molar-refractivity contribution in [3.05, 3.63) is 27.7 Å². The summed E-state index contributed by atoms with van der Waals surface area (Å²) in [6.45, 7) is 5.90. The Morgan fingerprint density at radius 3 is 2.68 bits per heavy atom. The maximum absolute atomic E-state index is 12.3. The van der Waals surface area contributed by atoms with Crippen molar-refractivity contribution in [2.75, 3.05) is 17.9 Å². The molecule has 2 aromatic heterocycles. The summed E-state index contributed by atoms with van der Waals surface area (Å²) in [7, 11) is 1.40. The average molecular weight is 380 g/mol. The molecule has 25 heavy (non-hydrogen) atoms. The fourth-order valence-electron chi connectivity index (χ4n) is 3.02. The lowest BCUT2D eigenvalue weighted by Gasteiger charge is -2.18. The number of nitrogens with one attached hydrogen (secondary N) is 2. The number of aromatic nitrogens is 3. The molecule has 2 N–H and O–H groups in total. The summed E-state index contributed by atoms with van der Waals surface area (Å²) in [6.07, 6.45) is 2.95. The van der Waals surface area contributed by atoms with Crippen LogP contribution in [0.5, 0.6) is 0 Å². The molecule has 2 aromatic rings. The average Bonchev–Trinajstić information content (AvgIpc) is 3.07. The second-order valence-electron chi connectivity index (χ2n) is 6.24. The summed E-state index contributed by atoms with van der Waals surface area (Å²) in [5.74, 6) is 1.70. The minimum atomic E-state index is -0.325. The van der Waals surface area contributed by atoms with Crippen molar-refractivity contribution in [2.45, 2.75) is 40.0 Å². The van der Waals surface area contributed by atoms with Gasteiger partial charge in [-0.1, -0.05) is 6.92 Å². The Hall–Kier alpha value is -2.00. The molecule has 1 atom stereocenters. The summed E-state index contributed by atoms with van der Waals surface area (Å²) >= 11 is 6.98. The molecule has 0 aliphatic heterocycles. The summed E-state index contributed by atoms with van der Waals surface area (Å²) in [5, 5.41) is 12.2. The predicted molar refractivity (Wildman–Crippen MR) is 102 cm³/mol. The Kier molecular flexibility index (Phi) is 5.05. The molecule has 3 rings (SSSR count). The monoisotopic (exact) mass is 379 g/mol. The Bertz CT molecular complexity index is 807. The van der Waals surface area contributed by atoms with E-state index in [2.05, 4.69) is 27.9 Å². The highest BCUT2D eigenvalue weighted by Crippen LogP contribution is 2.40. The molecule has 9 heteroatoms. The fraction of sp³-hybridized carbons (Fsp3) is 0.500. The van der Waals surface area contributed by atoms with E-state index >= 15 is 0 Å². The Labute approximate surface area is 155 Å². The number of fused-ring (bicyclic) bond motifs is 1. The molecule has 1 aliphatic rings. The number of anilines is 1. The first-order valence-corrected chi connectivity index (χ1v) is 9.32. The van der Waals surface area contributed by atoms with Crippen molar-refractivity contribution in [1.82, 2.24) is 14.9 Å². The van der Waals surface area contributed by atoms with Crippen LogP contribution in [0.15, 0.2) is 0 Å². The van der Waals surface area contributed by atoms with Crippen molar-refractivity contribution in [2.24, 2.45) is 5.92 Å². The second-order valence-corrected chi connectivity index (χ2v) is 7.76. The molecular formula is C16H21N5O2S2. The minimum absolute atomic E-state index is 0.325. The molecule has 0 bridgehead atoms. The Morgan fingerprint density at radius 2 is 2.04 bits per heavy atom. The van der Waals surface area contributed by atoms with Crippen LogP contribution in [0.1, 0.15) is 45.8 Å². The van der Waals surface area contributed by atoms with Crippen LogP contribution in [0.4, 0.5) is 5.00 Å². The van der Waals surface area contributed by atoms with E-state index in [1.54, 1.807) is 16.0 Å². The smallest absolute Gasteiger partial charge is 0.341 e. The molecule has 134 valence electrons. The molecule has 0 spiro atoms. The topological polar surface area (TPSA) is 81.1 Å². The summed E-state index contributed by atoms with van der Waals surface area (Å²) in [4.78, 5) is 13.5. The quantitative estimate of drug-likeness (QED) is 0.627. The highest BCUT2D eigenvalue weighted by atomic mass is 32.1. The lowest BCUT2D eigenvalue weighted by Crippen LogP contribution is -2.29. The van der Waals surface area contributed by atoms with Gasteiger partial charge in [-0.25, -0.2) is 9.47 Å². The van der Waals surface area contributed by atoms with Crippen LogP contribution in [0.3, 0.4) is 0 Å². The van der Waals surface area contributed by atoms with E-state index < -0.39 is 0 Å². The van der Waals surface area contributed by atoms with Crippen LogP contribution in [-0.2, 0) is 17.6 Å². The first kappa shape index (κ1) is 17.8. The third kappa shape index (κ3) is 3.52. The molecule has 0 aromatic carbocycles. The van der Waals surface area contributed by atoms with E-state index in [1.807, 2.05) is 13.8 Å². The third-order valence-electron chi connectivity index (χ3n) is 4.33. The normalized spacial score (nSPS) is 16.2. The molecule has 0 radical (unpaired) electrons. The van der Waals surface area contributed by atoms with Crippen LogP contribution in [0, 0.1) is 19.8 Å². The van der Waals surface area contributed by atoms with Gasteiger partial charge in [-0.05, 0) is 56.8 Å². The van der Waals surface area contributed by atoms with Gasteiger partial charge in [-0.2, -0.15) is 0 Å². The first-order chi connectivity index (χ1) is 11.9. The molecular weight excluding hydrogens is 358 g/mol. The van der Waals surface area contributed by atoms with Gasteiger partial charge >= 0.3 is 5.97 Å². The molecule has 1 aliphatic carbocycles. The number of hydrogen-bond donors (Lipinski definition) is 2. The van der Waals surface area contributed by atoms with E-state index in [0.717, 1.165) is 29.8 Å². The maximum atomic E-state index is 12.3. The van der Waals surface area contributed by atoms with E-state index in [-0.39, 0.29) is 5.97 Å². The number of thiocarbonyl (C=S) groups is 1. The maximum Gasteiger partial charge on any atom is 0.341 e. The van der Waals surface area contributed by atoms with Gasteiger partial charge in [-0.3, -0.25) is 5.43 Å². The zero-order valence-electron chi connectivity index (χ0n) is 14.7. The van der Waals surface area contributed by atoms with Crippen molar-refractivity contribution in [3.63, 3.8) is 0 Å². The van der Waals surface area contributed by atoms with E-state index in [0.29, 0.717) is 28.2 Å². The summed E-state index contributed by atoms with van der Waals surface area (Å²) in [6, 6.07) is 0. The van der Waals surface area contributed by atoms with E-state index in [1.165, 1.54) is 12.0 Å². The lowest BCUT2D eigenvalue weighted by molar-refractivity contribution is 0.0601. The second kappa shape index (κ2) is 7.09. The predicted octanol–water partition coefficient (Wildman–Crippen LogP) is 2.81. The fourth-order valence-corrected chi connectivity index (χ4v) is 4.68. The molecule has 0 saturated carbocycles. The largest absolute Gasteiger partial charge is 0.465 e. The lowest BCUT2D eigenvalue weighted by atomic mass is 9.88. The van der Waals surface area contributed by atoms with Gasteiger partial charge in [0.25, 0.3) is 0 Å². The standard InChI is InChI=1S/C16H21N5O2S2/c1-8-5-6-11-12(7-8)25-14(13(11)15(22)23-4)17-16(24)20-21-9(2)18-19-10(21)3/h8H,5-7H2,1-4H3,(H2,17,20,24)/t8-/m1/s1. The van der Waals surface area contributed by atoms with Crippen molar-refractivity contribution in [1.29, 1.82) is 0 Å². The van der Waals surface area contributed by atoms with Gasteiger partial charge in [0, 0.05) is 4.88 Å². The van der Waals surface area contributed by atoms with Crippen LogP contribution in [0.25, 0.3) is 0 Å². The van der Waals surface area contributed by atoms with Gasteiger partial charge < -0.3 is 10.1 Å². The Morgan fingerprint density at radius 1 is 1.36 bits per heavy atom. The van der Waals surface area contributed by atoms with Crippen LogP contribution in [0.2, 0.25) is 0 Å². The number of carbonyl (C=O) groups is 1. The molecule has 0 saturated heterocycles. The number of hydrogen-bond acceptors (Lipinski definition) is 6. The third-order valence-corrected chi connectivity index (χ3v) is 5.69. The highest BCUT2D eigenvalue weighted by Gasteiger charge is 2.28. The Balaban J connectivity index is 1.86. The zero-order chi connectivity index (χ0) is 18.1. The van der Waals surface area contributed by atoms with E-state index in [4.69, 9.17) is 17.0 Å². The first-order valence-electron chi connectivity index (χ1n) is 8.10. The van der Waals surface area contributed by atoms with Crippen molar-refractivity contribution in [3.8, 4) is 0 Å². The highest BCUT2D eigenvalue weighted by molar-refractivity contribution is 7.80. The minimum Gasteiger partial charge on any atom is -0.465 e. The van der Waals surface area contributed by atoms with Gasteiger partial charge in [-0.15, -0.1) is 21.5 Å².